The van der Waals surface area contributed by atoms with Crippen LogP contribution < -0.4 is 15.4 Å². The summed E-state index contributed by atoms with van der Waals surface area (Å²) < 4.78 is 6.17. The van der Waals surface area contributed by atoms with Crippen molar-refractivity contribution < 1.29 is 19.1 Å². The molecule has 1 aromatic heterocycles. The zero-order valence-corrected chi connectivity index (χ0v) is 20.4. The van der Waals surface area contributed by atoms with Gasteiger partial charge in [-0.2, -0.15) is 0 Å². The van der Waals surface area contributed by atoms with E-state index in [0.29, 0.717) is 50.1 Å². The van der Waals surface area contributed by atoms with Crippen molar-refractivity contribution >= 4 is 50.8 Å². The molecule has 0 aliphatic heterocycles. The van der Waals surface area contributed by atoms with Gasteiger partial charge in [-0.05, 0) is 67.3 Å². The summed E-state index contributed by atoms with van der Waals surface area (Å²) in [7, 11) is 0. The minimum atomic E-state index is -0.402. The molecule has 2 aromatic carbocycles. The number of benzene rings is 2. The van der Waals surface area contributed by atoms with Gasteiger partial charge in [-0.1, -0.05) is 27.5 Å². The van der Waals surface area contributed by atoms with E-state index in [0.717, 1.165) is 12.8 Å². The van der Waals surface area contributed by atoms with Gasteiger partial charge in [0, 0.05) is 33.4 Å². The van der Waals surface area contributed by atoms with E-state index in [-0.39, 0.29) is 18.3 Å². The number of ether oxygens (including phenoxy) is 1. The number of carbonyl (C=O) groups is 3. The number of carbonyl (C=O) groups excluding carboxylic acids is 3. The Labute approximate surface area is 210 Å². The molecule has 2 N–H and O–H groups in total. The zero-order chi connectivity index (χ0) is 24.1. The van der Waals surface area contributed by atoms with Crippen molar-refractivity contribution in [2.45, 2.75) is 12.8 Å². The Kier molecular flexibility index (Phi) is 7.59. The third-order valence-corrected chi connectivity index (χ3v) is 6.12. The lowest BCUT2D eigenvalue weighted by Gasteiger charge is -2.10. The predicted octanol–water partition coefficient (Wildman–Crippen LogP) is 4.89. The number of aromatic nitrogens is 1. The molecule has 1 fully saturated rings. The first-order valence-corrected chi connectivity index (χ1v) is 11.8. The normalized spacial score (nSPS) is 12.6. The van der Waals surface area contributed by atoms with Crippen LogP contribution in [-0.4, -0.2) is 35.7 Å². The van der Waals surface area contributed by atoms with E-state index in [1.54, 1.807) is 48.5 Å². The lowest BCUT2D eigenvalue weighted by Crippen LogP contribution is -2.26. The maximum absolute atomic E-state index is 12.7. The number of halogens is 2. The summed E-state index contributed by atoms with van der Waals surface area (Å²) in [5.41, 5.74) is 1.70. The van der Waals surface area contributed by atoms with Crippen LogP contribution in [-0.2, 0) is 4.79 Å². The van der Waals surface area contributed by atoms with Gasteiger partial charge in [0.2, 0.25) is 0 Å². The van der Waals surface area contributed by atoms with Crippen molar-refractivity contribution in [1.82, 2.24) is 10.3 Å². The van der Waals surface area contributed by atoms with Crippen molar-refractivity contribution in [1.29, 1.82) is 0 Å². The zero-order valence-electron chi connectivity index (χ0n) is 18.0. The van der Waals surface area contributed by atoms with Gasteiger partial charge >= 0.3 is 0 Å². The highest BCUT2D eigenvalue weighted by Crippen LogP contribution is 2.27. The smallest absolute Gasteiger partial charge is 0.262 e. The van der Waals surface area contributed by atoms with Gasteiger partial charge in [0.05, 0.1) is 17.4 Å². The molecule has 9 heteroatoms. The third-order valence-electron chi connectivity index (χ3n) is 5.19. The van der Waals surface area contributed by atoms with E-state index < -0.39 is 5.91 Å². The summed E-state index contributed by atoms with van der Waals surface area (Å²) in [5, 5.41) is 6.01. The number of amides is 2. The van der Waals surface area contributed by atoms with Crippen LogP contribution in [0.2, 0.25) is 5.02 Å². The van der Waals surface area contributed by atoms with Crippen LogP contribution in [0.5, 0.6) is 5.75 Å². The van der Waals surface area contributed by atoms with Crippen LogP contribution in [0.4, 0.5) is 5.69 Å². The fourth-order valence-corrected chi connectivity index (χ4v) is 3.77. The standard InChI is InChI=1S/C25H21BrClN3O4/c26-22-8-5-18(27)10-21(22)24(32)16-3-6-20(7-4-16)34-14-23(31)30-19-9-17(12-28-13-19)25(33)29-11-15-1-2-15/h3-10,12-13,15H,1-2,11,14H2,(H,29,33)(H,30,31). The Bertz CT molecular complexity index is 1230. The number of nitrogens with zero attached hydrogens (tertiary/aromatic N) is 1. The van der Waals surface area contributed by atoms with Gasteiger partial charge in [-0.25, -0.2) is 0 Å². The summed E-state index contributed by atoms with van der Waals surface area (Å²) in [5.74, 6) is 0.199. The number of ketones is 1. The fraction of sp³-hybridized carbons (Fsp3) is 0.200. The molecule has 0 spiro atoms. The van der Waals surface area contributed by atoms with Gasteiger partial charge in [0.1, 0.15) is 5.75 Å². The first-order valence-electron chi connectivity index (χ1n) is 10.6. The van der Waals surface area contributed by atoms with Crippen LogP contribution in [0.3, 0.4) is 0 Å². The van der Waals surface area contributed by atoms with Crippen LogP contribution in [0.15, 0.2) is 65.4 Å². The molecule has 0 atom stereocenters. The van der Waals surface area contributed by atoms with Crippen molar-refractivity contribution in [3.63, 3.8) is 0 Å². The minimum Gasteiger partial charge on any atom is -0.484 e. The third kappa shape index (κ3) is 6.42. The van der Waals surface area contributed by atoms with Gasteiger partial charge in [0.15, 0.2) is 12.4 Å². The molecule has 4 rings (SSSR count). The molecule has 0 saturated heterocycles. The highest BCUT2D eigenvalue weighted by molar-refractivity contribution is 9.10. The van der Waals surface area contributed by atoms with E-state index in [9.17, 15) is 14.4 Å². The molecule has 174 valence electrons. The molecule has 0 unspecified atom stereocenters. The Morgan fingerprint density at radius 2 is 1.79 bits per heavy atom. The highest BCUT2D eigenvalue weighted by Gasteiger charge is 2.22. The highest BCUT2D eigenvalue weighted by atomic mass is 79.9. The van der Waals surface area contributed by atoms with Crippen molar-refractivity contribution in [2.75, 3.05) is 18.5 Å². The predicted molar refractivity (Wildman–Crippen MR) is 132 cm³/mol. The Morgan fingerprint density at radius 1 is 1.03 bits per heavy atom. The first kappa shape index (κ1) is 23.9. The van der Waals surface area contributed by atoms with Crippen LogP contribution in [0.25, 0.3) is 0 Å². The minimum absolute atomic E-state index is 0.188. The summed E-state index contributed by atoms with van der Waals surface area (Å²) in [6.07, 6.45) is 5.21. The number of anilines is 1. The second-order valence-electron chi connectivity index (χ2n) is 7.93. The van der Waals surface area contributed by atoms with Crippen molar-refractivity contribution in [3.05, 3.63) is 87.1 Å². The number of hydrogen-bond acceptors (Lipinski definition) is 5. The summed E-state index contributed by atoms with van der Waals surface area (Å²) in [4.78, 5) is 41.2. The second-order valence-corrected chi connectivity index (χ2v) is 9.22. The maximum atomic E-state index is 12.7. The van der Waals surface area contributed by atoms with E-state index in [1.165, 1.54) is 12.4 Å². The van der Waals surface area contributed by atoms with Crippen molar-refractivity contribution in [2.24, 2.45) is 5.92 Å². The van der Waals surface area contributed by atoms with E-state index in [4.69, 9.17) is 16.3 Å². The Balaban J connectivity index is 1.30. The van der Waals surface area contributed by atoms with Crippen LogP contribution >= 0.6 is 27.5 Å². The van der Waals surface area contributed by atoms with Gasteiger partial charge < -0.3 is 15.4 Å². The molecule has 0 radical (unpaired) electrons. The average molecular weight is 543 g/mol. The van der Waals surface area contributed by atoms with Crippen LogP contribution in [0.1, 0.15) is 39.1 Å². The van der Waals surface area contributed by atoms with Crippen molar-refractivity contribution in [3.8, 4) is 5.75 Å². The molecule has 1 aliphatic carbocycles. The molecule has 2 amide bonds. The number of pyridine rings is 1. The fourth-order valence-electron chi connectivity index (χ4n) is 3.17. The average Bonchev–Trinajstić information content (AvgIpc) is 3.67. The van der Waals surface area contributed by atoms with Crippen LogP contribution in [0, 0.1) is 5.92 Å². The van der Waals surface area contributed by atoms with E-state index >= 15 is 0 Å². The monoisotopic (exact) mass is 541 g/mol. The molecule has 1 heterocycles. The molecule has 0 bridgehead atoms. The Morgan fingerprint density at radius 3 is 2.53 bits per heavy atom. The van der Waals surface area contributed by atoms with Gasteiger partial charge in [0.25, 0.3) is 11.8 Å². The first-order chi connectivity index (χ1) is 16.4. The maximum Gasteiger partial charge on any atom is 0.262 e. The molecular formula is C25H21BrClN3O4. The summed E-state index contributed by atoms with van der Waals surface area (Å²) in [6, 6.07) is 13.1. The molecule has 1 aliphatic rings. The molecule has 3 aromatic rings. The SMILES string of the molecule is O=C(COc1ccc(C(=O)c2cc(Cl)ccc2Br)cc1)Nc1cncc(C(=O)NCC2CC2)c1. The van der Waals surface area contributed by atoms with Gasteiger partial charge in [-0.3, -0.25) is 19.4 Å². The summed E-state index contributed by atoms with van der Waals surface area (Å²) in [6.45, 7) is 0.412. The largest absolute Gasteiger partial charge is 0.484 e. The second kappa shape index (κ2) is 10.8. The molecule has 7 nitrogen and oxygen atoms in total. The molecule has 1 saturated carbocycles. The molecule has 34 heavy (non-hydrogen) atoms. The van der Waals surface area contributed by atoms with E-state index in [1.807, 2.05) is 0 Å². The quantitative estimate of drug-likeness (QED) is 0.376. The lowest BCUT2D eigenvalue weighted by atomic mass is 10.0. The Hall–Kier alpha value is -3.23. The number of nitrogens with one attached hydrogen (secondary N) is 2. The topological polar surface area (TPSA) is 97.4 Å². The van der Waals surface area contributed by atoms with E-state index in [2.05, 4.69) is 31.5 Å². The lowest BCUT2D eigenvalue weighted by molar-refractivity contribution is -0.118. The number of rotatable bonds is 9. The number of hydrogen-bond donors (Lipinski definition) is 2. The van der Waals surface area contributed by atoms with Gasteiger partial charge in [-0.15, -0.1) is 0 Å². The summed E-state index contributed by atoms with van der Waals surface area (Å²) >= 11 is 9.36. The molecular weight excluding hydrogens is 522 g/mol.